The number of rotatable bonds is 5. The Hall–Kier alpha value is -2.77. The van der Waals surface area contributed by atoms with Crippen LogP contribution in [0.4, 0.5) is 10.5 Å². The number of amides is 2. The van der Waals surface area contributed by atoms with E-state index in [9.17, 15) is 9.59 Å². The first kappa shape index (κ1) is 20.5. The molecule has 1 aliphatic rings. The lowest BCUT2D eigenvalue weighted by Gasteiger charge is -2.26. The molecule has 1 atom stereocenters. The Morgan fingerprint density at radius 1 is 1.22 bits per heavy atom. The summed E-state index contributed by atoms with van der Waals surface area (Å²) >= 11 is 0. The zero-order chi connectivity index (χ0) is 19.9. The molecule has 0 aliphatic carbocycles. The molecule has 1 aromatic rings. The molecule has 1 heterocycles. The Morgan fingerprint density at radius 2 is 1.93 bits per heavy atom. The van der Waals surface area contributed by atoms with E-state index in [0.29, 0.717) is 32.0 Å². The number of fused-ring (bicyclic) bond motifs is 1. The van der Waals surface area contributed by atoms with Gasteiger partial charge in [0.05, 0.1) is 0 Å². The van der Waals surface area contributed by atoms with Crippen molar-refractivity contribution in [1.82, 2.24) is 16.0 Å². The maximum Gasteiger partial charge on any atom is 0.407 e. The van der Waals surface area contributed by atoms with Gasteiger partial charge in [0, 0.05) is 44.7 Å². The number of nitrogens with one attached hydrogen (secondary N) is 4. The fourth-order valence-corrected chi connectivity index (χ4v) is 2.78. The average molecular weight is 375 g/mol. The number of para-hydroxylation sites is 1. The second-order valence-electron chi connectivity index (χ2n) is 7.35. The molecule has 0 saturated heterocycles. The van der Waals surface area contributed by atoms with E-state index in [1.165, 1.54) is 0 Å². The predicted octanol–water partition coefficient (Wildman–Crippen LogP) is 1.80. The van der Waals surface area contributed by atoms with Gasteiger partial charge in [-0.05, 0) is 32.4 Å². The van der Waals surface area contributed by atoms with Gasteiger partial charge in [0.25, 0.3) is 0 Å². The number of nitrogens with zero attached hydrogens (tertiary/aromatic N) is 1. The van der Waals surface area contributed by atoms with E-state index in [2.05, 4.69) is 26.3 Å². The molecule has 0 bridgehead atoms. The molecule has 0 radical (unpaired) electrons. The second-order valence-corrected chi connectivity index (χ2v) is 7.35. The average Bonchev–Trinajstić information content (AvgIpc) is 2.59. The summed E-state index contributed by atoms with van der Waals surface area (Å²) in [6, 6.07) is 7.82. The van der Waals surface area contributed by atoms with Gasteiger partial charge in [-0.3, -0.25) is 9.79 Å². The number of anilines is 1. The van der Waals surface area contributed by atoms with Crippen molar-refractivity contribution in [3.8, 4) is 0 Å². The summed E-state index contributed by atoms with van der Waals surface area (Å²) in [6.07, 6.45) is -0.0154. The fraction of sp³-hybridized carbons (Fsp3) is 0.526. The first-order valence-electron chi connectivity index (χ1n) is 9.08. The van der Waals surface area contributed by atoms with Gasteiger partial charge < -0.3 is 26.0 Å². The summed E-state index contributed by atoms with van der Waals surface area (Å²) in [7, 11) is 1.68. The Morgan fingerprint density at radius 3 is 2.63 bits per heavy atom. The minimum atomic E-state index is -0.516. The molecule has 0 spiro atoms. The number of hydrogen-bond acceptors (Lipinski definition) is 4. The molecule has 2 amide bonds. The molecule has 2 rings (SSSR count). The lowest BCUT2D eigenvalue weighted by molar-refractivity contribution is -0.116. The van der Waals surface area contributed by atoms with E-state index in [-0.39, 0.29) is 11.8 Å². The number of benzene rings is 1. The smallest absolute Gasteiger partial charge is 0.407 e. The molecule has 0 aromatic heterocycles. The molecular weight excluding hydrogens is 346 g/mol. The number of guanidine groups is 1. The summed E-state index contributed by atoms with van der Waals surface area (Å²) < 4.78 is 5.18. The minimum absolute atomic E-state index is 0.0185. The van der Waals surface area contributed by atoms with Crippen molar-refractivity contribution in [2.45, 2.75) is 38.7 Å². The third kappa shape index (κ3) is 6.80. The molecule has 27 heavy (non-hydrogen) atoms. The van der Waals surface area contributed by atoms with E-state index in [1.807, 2.05) is 45.0 Å². The summed E-state index contributed by atoms with van der Waals surface area (Å²) in [5.74, 6) is 0.711. The Labute approximate surface area is 160 Å². The van der Waals surface area contributed by atoms with Crippen LogP contribution in [0.5, 0.6) is 0 Å². The summed E-state index contributed by atoms with van der Waals surface area (Å²) in [6.45, 7) is 6.95. The van der Waals surface area contributed by atoms with E-state index < -0.39 is 11.7 Å². The van der Waals surface area contributed by atoms with Crippen LogP contribution in [-0.2, 0) is 9.53 Å². The number of aliphatic imine (C=N–C) groups is 1. The molecule has 1 unspecified atom stereocenters. The minimum Gasteiger partial charge on any atom is -0.444 e. The molecular formula is C19H29N5O3. The maximum absolute atomic E-state index is 11.9. The van der Waals surface area contributed by atoms with Crippen molar-refractivity contribution < 1.29 is 14.3 Å². The van der Waals surface area contributed by atoms with Crippen LogP contribution in [-0.4, -0.2) is 50.2 Å². The van der Waals surface area contributed by atoms with Crippen LogP contribution in [0.2, 0.25) is 0 Å². The van der Waals surface area contributed by atoms with Crippen LogP contribution in [0.25, 0.3) is 0 Å². The Balaban J connectivity index is 1.76. The van der Waals surface area contributed by atoms with Gasteiger partial charge in [-0.2, -0.15) is 0 Å². The number of carbonyl (C=O) groups excluding carboxylic acids is 2. The van der Waals surface area contributed by atoms with Gasteiger partial charge in [0.15, 0.2) is 5.96 Å². The zero-order valence-electron chi connectivity index (χ0n) is 16.4. The first-order chi connectivity index (χ1) is 12.8. The van der Waals surface area contributed by atoms with Gasteiger partial charge >= 0.3 is 6.09 Å². The van der Waals surface area contributed by atoms with Gasteiger partial charge in [-0.15, -0.1) is 0 Å². The predicted molar refractivity (Wildman–Crippen MR) is 106 cm³/mol. The van der Waals surface area contributed by atoms with Gasteiger partial charge in [0.1, 0.15) is 5.60 Å². The Kier molecular flexibility index (Phi) is 7.04. The summed E-state index contributed by atoms with van der Waals surface area (Å²) in [5, 5.41) is 12.0. The Bertz CT molecular complexity index is 697. The van der Waals surface area contributed by atoms with Crippen molar-refractivity contribution in [2.75, 3.05) is 32.0 Å². The van der Waals surface area contributed by atoms with Crippen LogP contribution in [0.3, 0.4) is 0 Å². The number of carbonyl (C=O) groups is 2. The van der Waals surface area contributed by atoms with E-state index in [0.717, 1.165) is 11.3 Å². The zero-order valence-corrected chi connectivity index (χ0v) is 16.4. The SMILES string of the molecule is CN=C(NCCNC(=O)OC(C)(C)C)NCC1CC(=O)Nc2ccccc21. The number of alkyl carbamates (subject to hydrolysis) is 1. The topological polar surface area (TPSA) is 104 Å². The van der Waals surface area contributed by atoms with Crippen molar-refractivity contribution in [2.24, 2.45) is 4.99 Å². The van der Waals surface area contributed by atoms with Crippen molar-refractivity contribution in [3.05, 3.63) is 29.8 Å². The van der Waals surface area contributed by atoms with Crippen LogP contribution >= 0.6 is 0 Å². The summed E-state index contributed by atoms with van der Waals surface area (Å²) in [5.41, 5.74) is 1.47. The highest BCUT2D eigenvalue weighted by Gasteiger charge is 2.24. The lowest BCUT2D eigenvalue weighted by atomic mass is 9.90. The van der Waals surface area contributed by atoms with E-state index >= 15 is 0 Å². The molecule has 1 aromatic carbocycles. The van der Waals surface area contributed by atoms with Gasteiger partial charge in [0.2, 0.25) is 5.91 Å². The number of hydrogen-bond donors (Lipinski definition) is 4. The van der Waals surface area contributed by atoms with Crippen molar-refractivity contribution in [3.63, 3.8) is 0 Å². The van der Waals surface area contributed by atoms with E-state index in [1.54, 1.807) is 7.05 Å². The quantitative estimate of drug-likeness (QED) is 0.357. The largest absolute Gasteiger partial charge is 0.444 e. The molecule has 1 aliphatic heterocycles. The van der Waals surface area contributed by atoms with Crippen LogP contribution in [0, 0.1) is 0 Å². The van der Waals surface area contributed by atoms with Crippen molar-refractivity contribution >= 4 is 23.6 Å². The highest BCUT2D eigenvalue weighted by molar-refractivity contribution is 5.94. The standard InChI is InChI=1S/C19H29N5O3/c1-19(2,3)27-18(26)22-10-9-21-17(20-4)23-12-13-11-16(25)24-15-8-6-5-7-14(13)15/h5-8,13H,9-12H2,1-4H3,(H,22,26)(H,24,25)(H2,20,21,23). The number of ether oxygens (including phenoxy) is 1. The highest BCUT2D eigenvalue weighted by atomic mass is 16.6. The van der Waals surface area contributed by atoms with Gasteiger partial charge in [-0.25, -0.2) is 4.79 Å². The molecule has 4 N–H and O–H groups in total. The van der Waals surface area contributed by atoms with E-state index in [4.69, 9.17) is 4.74 Å². The molecule has 148 valence electrons. The third-order valence-corrected chi connectivity index (χ3v) is 3.93. The molecule has 0 fully saturated rings. The normalized spacial score (nSPS) is 16.8. The monoisotopic (exact) mass is 375 g/mol. The molecule has 8 heteroatoms. The second kappa shape index (κ2) is 9.25. The summed E-state index contributed by atoms with van der Waals surface area (Å²) in [4.78, 5) is 27.7. The maximum atomic E-state index is 11.9. The van der Waals surface area contributed by atoms with Crippen LogP contribution in [0.15, 0.2) is 29.3 Å². The van der Waals surface area contributed by atoms with Gasteiger partial charge in [-0.1, -0.05) is 18.2 Å². The van der Waals surface area contributed by atoms with Crippen LogP contribution in [0.1, 0.15) is 38.7 Å². The third-order valence-electron chi connectivity index (χ3n) is 3.93. The highest BCUT2D eigenvalue weighted by Crippen LogP contribution is 2.31. The fourth-order valence-electron chi connectivity index (χ4n) is 2.78. The molecule has 0 saturated carbocycles. The van der Waals surface area contributed by atoms with Crippen LogP contribution < -0.4 is 21.3 Å². The first-order valence-corrected chi connectivity index (χ1v) is 9.08. The lowest BCUT2D eigenvalue weighted by Crippen LogP contribution is -2.44. The van der Waals surface area contributed by atoms with Crippen molar-refractivity contribution in [1.29, 1.82) is 0 Å². The molecule has 8 nitrogen and oxygen atoms in total.